The van der Waals surface area contributed by atoms with Crippen LogP contribution in [0.15, 0.2) is 48.5 Å². The second kappa shape index (κ2) is 6.90. The number of methoxy groups -OCH3 is 1. The predicted octanol–water partition coefficient (Wildman–Crippen LogP) is 2.14. The maximum atomic E-state index is 13.4. The molecule has 0 saturated heterocycles. The second-order valence-electron chi connectivity index (χ2n) is 4.47. The summed E-state index contributed by atoms with van der Waals surface area (Å²) in [7, 11) is 1.67. The second-order valence-corrected chi connectivity index (χ2v) is 4.47. The third-order valence-electron chi connectivity index (χ3n) is 3.09. The highest BCUT2D eigenvalue weighted by atomic mass is 19.1. The molecule has 0 saturated carbocycles. The molecule has 2 rings (SSSR count). The van der Waals surface area contributed by atoms with E-state index in [1.54, 1.807) is 13.2 Å². The summed E-state index contributed by atoms with van der Waals surface area (Å²) in [5.41, 5.74) is 2.00. The van der Waals surface area contributed by atoms with Gasteiger partial charge in [-0.05, 0) is 23.8 Å². The van der Waals surface area contributed by atoms with Crippen molar-refractivity contribution < 1.29 is 14.4 Å². The lowest BCUT2D eigenvalue weighted by atomic mass is 10.1. The average molecular weight is 260 g/mol. The Morgan fingerprint density at radius 2 is 1.95 bits per heavy atom. The van der Waals surface area contributed by atoms with Crippen LogP contribution < -0.4 is 10.1 Å². The van der Waals surface area contributed by atoms with Gasteiger partial charge in [-0.25, -0.2) is 4.39 Å². The van der Waals surface area contributed by atoms with Gasteiger partial charge in [-0.1, -0.05) is 30.3 Å². The summed E-state index contributed by atoms with van der Waals surface area (Å²) >= 11 is 0. The summed E-state index contributed by atoms with van der Waals surface area (Å²) in [5.74, 6) is 0.761. The van der Waals surface area contributed by atoms with Gasteiger partial charge in [0.1, 0.15) is 18.1 Å². The maximum Gasteiger partial charge on any atom is 0.126 e. The molecule has 0 aliphatic heterocycles. The van der Waals surface area contributed by atoms with Crippen LogP contribution in [0.3, 0.4) is 0 Å². The number of hydrogen-bond donors (Lipinski definition) is 1. The number of halogens is 1. The normalized spacial score (nSPS) is 10.4. The largest absolute Gasteiger partial charge is 0.497 e. The molecule has 0 aliphatic rings. The number of hydrogen-bond acceptors (Lipinski definition) is 1. The highest BCUT2D eigenvalue weighted by Gasteiger charge is 2.02. The Kier molecular flexibility index (Phi) is 4.93. The summed E-state index contributed by atoms with van der Waals surface area (Å²) in [5, 5.41) is 2.18. The van der Waals surface area contributed by atoms with Crippen molar-refractivity contribution >= 4 is 0 Å². The van der Waals surface area contributed by atoms with Crippen LogP contribution in [0.25, 0.3) is 0 Å². The molecule has 0 aromatic heterocycles. The van der Waals surface area contributed by atoms with E-state index in [1.165, 1.54) is 11.6 Å². The van der Waals surface area contributed by atoms with Crippen molar-refractivity contribution in [1.82, 2.24) is 0 Å². The monoisotopic (exact) mass is 260 g/mol. The molecule has 0 amide bonds. The van der Waals surface area contributed by atoms with Gasteiger partial charge in [-0.2, -0.15) is 0 Å². The van der Waals surface area contributed by atoms with E-state index in [-0.39, 0.29) is 5.82 Å². The molecule has 0 aliphatic carbocycles. The Bertz CT molecular complexity index is 528. The molecule has 2 aromatic rings. The van der Waals surface area contributed by atoms with Crippen molar-refractivity contribution in [3.63, 3.8) is 0 Å². The Morgan fingerprint density at radius 1 is 1.11 bits per heavy atom. The fourth-order valence-corrected chi connectivity index (χ4v) is 2.03. The quantitative estimate of drug-likeness (QED) is 0.791. The van der Waals surface area contributed by atoms with Crippen molar-refractivity contribution in [2.24, 2.45) is 0 Å². The van der Waals surface area contributed by atoms with E-state index in [0.29, 0.717) is 0 Å². The molecule has 0 unspecified atom stereocenters. The Labute approximate surface area is 113 Å². The van der Waals surface area contributed by atoms with E-state index in [9.17, 15) is 4.39 Å². The minimum absolute atomic E-state index is 0.114. The van der Waals surface area contributed by atoms with Gasteiger partial charge in [0.15, 0.2) is 0 Å². The van der Waals surface area contributed by atoms with Crippen molar-refractivity contribution in [2.75, 3.05) is 13.7 Å². The zero-order valence-corrected chi connectivity index (χ0v) is 11.1. The van der Waals surface area contributed by atoms with Gasteiger partial charge in [0.05, 0.1) is 13.7 Å². The summed E-state index contributed by atoms with van der Waals surface area (Å²) in [6.45, 7) is 1.75. The van der Waals surface area contributed by atoms with Gasteiger partial charge in [0, 0.05) is 12.0 Å². The zero-order valence-electron chi connectivity index (χ0n) is 11.1. The molecule has 0 radical (unpaired) electrons. The molecule has 100 valence electrons. The first-order valence-electron chi connectivity index (χ1n) is 6.47. The van der Waals surface area contributed by atoms with E-state index in [4.69, 9.17) is 4.74 Å². The molecule has 2 aromatic carbocycles. The fourth-order valence-electron chi connectivity index (χ4n) is 2.03. The molecular formula is C16H19FNO+. The maximum absolute atomic E-state index is 13.4. The lowest BCUT2D eigenvalue weighted by Crippen LogP contribution is -2.83. The summed E-state index contributed by atoms with van der Waals surface area (Å²) < 4.78 is 18.6. The third-order valence-corrected chi connectivity index (χ3v) is 3.09. The van der Waals surface area contributed by atoms with Crippen molar-refractivity contribution in [1.29, 1.82) is 0 Å². The third kappa shape index (κ3) is 4.07. The smallest absolute Gasteiger partial charge is 0.126 e. The van der Waals surface area contributed by atoms with E-state index < -0.39 is 0 Å². The Morgan fingerprint density at radius 3 is 2.74 bits per heavy atom. The molecule has 0 heterocycles. The standard InChI is InChI=1S/C16H18FNO/c1-19-15-7-4-5-13(11-15)12-18-10-9-14-6-2-3-8-16(14)17/h2-8,11,18H,9-10,12H2,1H3/p+1. The summed E-state index contributed by atoms with van der Waals surface area (Å²) in [6.07, 6.45) is 0.747. The molecule has 2 N–H and O–H groups in total. The van der Waals surface area contributed by atoms with Crippen LogP contribution >= 0.6 is 0 Å². The highest BCUT2D eigenvalue weighted by molar-refractivity contribution is 5.27. The van der Waals surface area contributed by atoms with Gasteiger partial charge in [-0.15, -0.1) is 0 Å². The van der Waals surface area contributed by atoms with Crippen LogP contribution in [0, 0.1) is 5.82 Å². The van der Waals surface area contributed by atoms with Gasteiger partial charge >= 0.3 is 0 Å². The van der Waals surface area contributed by atoms with Crippen LogP contribution in [0.1, 0.15) is 11.1 Å². The van der Waals surface area contributed by atoms with Gasteiger partial charge in [0.2, 0.25) is 0 Å². The first-order chi connectivity index (χ1) is 9.29. The average Bonchev–Trinajstić information content (AvgIpc) is 2.45. The molecule has 0 fully saturated rings. The van der Waals surface area contributed by atoms with Crippen molar-refractivity contribution in [3.8, 4) is 5.75 Å². The molecule has 2 nitrogen and oxygen atoms in total. The number of rotatable bonds is 6. The summed E-state index contributed by atoms with van der Waals surface area (Å²) in [6, 6.07) is 15.0. The van der Waals surface area contributed by atoms with E-state index in [1.807, 2.05) is 30.3 Å². The number of benzene rings is 2. The van der Waals surface area contributed by atoms with Crippen LogP contribution in [0.4, 0.5) is 4.39 Å². The van der Waals surface area contributed by atoms with Gasteiger partial charge in [-0.3, -0.25) is 0 Å². The number of nitrogens with two attached hydrogens (primary N) is 1. The van der Waals surface area contributed by atoms with Crippen LogP contribution in [0.2, 0.25) is 0 Å². The molecule has 19 heavy (non-hydrogen) atoms. The van der Waals surface area contributed by atoms with Crippen molar-refractivity contribution in [3.05, 3.63) is 65.5 Å². The molecule has 0 atom stereocenters. The number of ether oxygens (including phenoxy) is 1. The minimum Gasteiger partial charge on any atom is -0.497 e. The minimum atomic E-state index is -0.114. The summed E-state index contributed by atoms with van der Waals surface area (Å²) in [4.78, 5) is 0. The predicted molar refractivity (Wildman–Crippen MR) is 73.6 cm³/mol. The van der Waals surface area contributed by atoms with E-state index in [2.05, 4.69) is 11.4 Å². The van der Waals surface area contributed by atoms with E-state index >= 15 is 0 Å². The fraction of sp³-hybridized carbons (Fsp3) is 0.250. The number of quaternary nitrogens is 1. The van der Waals surface area contributed by atoms with Gasteiger partial charge < -0.3 is 10.1 Å². The SMILES string of the molecule is COc1cccc(C[NH2+]CCc2ccccc2F)c1. The van der Waals surface area contributed by atoms with E-state index in [0.717, 1.165) is 30.8 Å². The first-order valence-corrected chi connectivity index (χ1v) is 6.47. The molecule has 0 bridgehead atoms. The van der Waals surface area contributed by atoms with Crippen LogP contribution in [-0.4, -0.2) is 13.7 Å². The van der Waals surface area contributed by atoms with Gasteiger partial charge in [0.25, 0.3) is 0 Å². The zero-order chi connectivity index (χ0) is 13.5. The Hall–Kier alpha value is -1.87. The highest BCUT2D eigenvalue weighted by Crippen LogP contribution is 2.11. The Balaban J connectivity index is 1.79. The molecule has 3 heteroatoms. The molecular weight excluding hydrogens is 241 g/mol. The first kappa shape index (κ1) is 13.6. The van der Waals surface area contributed by atoms with Crippen molar-refractivity contribution in [2.45, 2.75) is 13.0 Å². The molecule has 0 spiro atoms. The topological polar surface area (TPSA) is 25.8 Å². The lowest BCUT2D eigenvalue weighted by Gasteiger charge is -2.05. The lowest BCUT2D eigenvalue weighted by molar-refractivity contribution is -0.670. The van der Waals surface area contributed by atoms with Crippen LogP contribution in [0.5, 0.6) is 5.75 Å². The van der Waals surface area contributed by atoms with Crippen LogP contribution in [-0.2, 0) is 13.0 Å².